The van der Waals surface area contributed by atoms with E-state index in [1.165, 1.54) is 10.7 Å². The molecule has 1 fully saturated rings. The second-order valence-electron chi connectivity index (χ2n) is 6.23. The fourth-order valence-electron chi connectivity index (χ4n) is 2.45. The van der Waals surface area contributed by atoms with Crippen LogP contribution in [0.2, 0.25) is 0 Å². The predicted octanol–water partition coefficient (Wildman–Crippen LogP) is 3.04. The lowest BCUT2D eigenvalue weighted by atomic mass is 10.2. The number of hydrogen-bond donors (Lipinski definition) is 2. The number of carbonyl (C=O) groups excluding carboxylic acids is 1. The molecule has 1 heterocycles. The van der Waals surface area contributed by atoms with Gasteiger partial charge in [-0.05, 0) is 33.6 Å². The van der Waals surface area contributed by atoms with Gasteiger partial charge in [-0.15, -0.1) is 0 Å². The third-order valence-corrected chi connectivity index (χ3v) is 3.25. The van der Waals surface area contributed by atoms with Crippen LogP contribution in [-0.4, -0.2) is 32.6 Å². The SMILES string of the molecule is CC(C)(C)OC(=O)Nc1cc(C(=O)O)n(C2CCCC2)n1. The Morgan fingerprint density at radius 3 is 2.52 bits per heavy atom. The standard InChI is InChI=1S/C14H21N3O4/c1-14(2,3)21-13(20)15-11-8-10(12(18)19)17(16-11)9-6-4-5-7-9/h8-9H,4-7H2,1-3H3,(H,18,19)(H,15,16,20). The van der Waals surface area contributed by atoms with E-state index in [4.69, 9.17) is 4.74 Å². The molecule has 0 saturated heterocycles. The van der Waals surface area contributed by atoms with E-state index in [1.807, 2.05) is 0 Å². The van der Waals surface area contributed by atoms with Gasteiger partial charge in [0.25, 0.3) is 0 Å². The van der Waals surface area contributed by atoms with Crippen molar-refractivity contribution < 1.29 is 19.4 Å². The van der Waals surface area contributed by atoms with Crippen LogP contribution < -0.4 is 5.32 Å². The average Bonchev–Trinajstić information content (AvgIpc) is 2.92. The molecule has 7 nitrogen and oxygen atoms in total. The zero-order valence-corrected chi connectivity index (χ0v) is 12.5. The first kappa shape index (κ1) is 15.3. The molecule has 0 atom stereocenters. The highest BCUT2D eigenvalue weighted by Crippen LogP contribution is 2.31. The summed E-state index contributed by atoms with van der Waals surface area (Å²) in [6.07, 6.45) is 3.31. The Morgan fingerprint density at radius 2 is 2.00 bits per heavy atom. The summed E-state index contributed by atoms with van der Waals surface area (Å²) >= 11 is 0. The zero-order chi connectivity index (χ0) is 15.6. The zero-order valence-electron chi connectivity index (χ0n) is 12.5. The highest BCUT2D eigenvalue weighted by atomic mass is 16.6. The summed E-state index contributed by atoms with van der Waals surface area (Å²) in [5, 5.41) is 15.9. The lowest BCUT2D eigenvalue weighted by Crippen LogP contribution is -2.27. The maximum atomic E-state index is 11.7. The van der Waals surface area contributed by atoms with Crippen molar-refractivity contribution in [3.05, 3.63) is 11.8 Å². The number of amides is 1. The van der Waals surface area contributed by atoms with Crippen LogP contribution in [0.5, 0.6) is 0 Å². The number of anilines is 1. The van der Waals surface area contributed by atoms with Crippen LogP contribution in [0.15, 0.2) is 6.07 Å². The van der Waals surface area contributed by atoms with E-state index < -0.39 is 17.7 Å². The van der Waals surface area contributed by atoms with Gasteiger partial charge in [0.1, 0.15) is 11.3 Å². The normalized spacial score (nSPS) is 16.0. The number of rotatable bonds is 3. The van der Waals surface area contributed by atoms with Crippen molar-refractivity contribution in [3.8, 4) is 0 Å². The first-order valence-corrected chi connectivity index (χ1v) is 7.09. The molecule has 1 aliphatic rings. The smallest absolute Gasteiger partial charge is 0.413 e. The molecule has 0 bridgehead atoms. The number of carboxylic acids is 1. The van der Waals surface area contributed by atoms with E-state index in [9.17, 15) is 14.7 Å². The van der Waals surface area contributed by atoms with E-state index >= 15 is 0 Å². The fourth-order valence-corrected chi connectivity index (χ4v) is 2.45. The molecule has 2 N–H and O–H groups in total. The lowest BCUT2D eigenvalue weighted by molar-refractivity contribution is 0.0632. The van der Waals surface area contributed by atoms with Crippen molar-refractivity contribution in [1.29, 1.82) is 0 Å². The van der Waals surface area contributed by atoms with Crippen molar-refractivity contribution in [2.24, 2.45) is 0 Å². The summed E-state index contributed by atoms with van der Waals surface area (Å²) in [6.45, 7) is 5.27. The number of carboxylic acid groups (broad SMARTS) is 1. The predicted molar refractivity (Wildman–Crippen MR) is 76.5 cm³/mol. The van der Waals surface area contributed by atoms with E-state index in [2.05, 4.69) is 10.4 Å². The number of carbonyl (C=O) groups is 2. The Morgan fingerprint density at radius 1 is 1.38 bits per heavy atom. The fraction of sp³-hybridized carbons (Fsp3) is 0.643. The van der Waals surface area contributed by atoms with Crippen molar-refractivity contribution in [3.63, 3.8) is 0 Å². The van der Waals surface area contributed by atoms with Gasteiger partial charge in [-0.3, -0.25) is 10.00 Å². The summed E-state index contributed by atoms with van der Waals surface area (Å²) in [6, 6.07) is 1.45. The van der Waals surface area contributed by atoms with Crippen LogP contribution in [0.25, 0.3) is 0 Å². The van der Waals surface area contributed by atoms with Crippen molar-refractivity contribution in [2.75, 3.05) is 5.32 Å². The summed E-state index contributed by atoms with van der Waals surface area (Å²) < 4.78 is 6.63. The molecular formula is C14H21N3O4. The second-order valence-corrected chi connectivity index (χ2v) is 6.23. The van der Waals surface area contributed by atoms with Crippen LogP contribution in [0, 0.1) is 0 Å². The Labute approximate surface area is 123 Å². The molecule has 1 aromatic heterocycles. The van der Waals surface area contributed by atoms with E-state index in [0.29, 0.717) is 0 Å². The molecule has 116 valence electrons. The molecule has 0 unspecified atom stereocenters. The molecule has 1 aliphatic carbocycles. The number of aromatic carboxylic acids is 1. The molecule has 0 spiro atoms. The van der Waals surface area contributed by atoms with E-state index in [0.717, 1.165) is 25.7 Å². The first-order valence-electron chi connectivity index (χ1n) is 7.09. The van der Waals surface area contributed by atoms with Gasteiger partial charge in [-0.25, -0.2) is 9.59 Å². The third-order valence-electron chi connectivity index (χ3n) is 3.25. The van der Waals surface area contributed by atoms with Crippen LogP contribution in [0.1, 0.15) is 63.0 Å². The van der Waals surface area contributed by atoms with Gasteiger partial charge in [0.2, 0.25) is 0 Å². The molecule has 1 saturated carbocycles. The van der Waals surface area contributed by atoms with E-state index in [1.54, 1.807) is 20.8 Å². The van der Waals surface area contributed by atoms with Gasteiger partial charge in [0.15, 0.2) is 5.82 Å². The van der Waals surface area contributed by atoms with Crippen LogP contribution in [-0.2, 0) is 4.74 Å². The quantitative estimate of drug-likeness (QED) is 0.894. The van der Waals surface area contributed by atoms with Crippen molar-refractivity contribution in [1.82, 2.24) is 9.78 Å². The van der Waals surface area contributed by atoms with Crippen LogP contribution in [0.3, 0.4) is 0 Å². The largest absolute Gasteiger partial charge is 0.477 e. The third kappa shape index (κ3) is 3.96. The monoisotopic (exact) mass is 295 g/mol. The second kappa shape index (κ2) is 5.75. The van der Waals surface area contributed by atoms with Gasteiger partial charge < -0.3 is 9.84 Å². The Kier molecular flexibility index (Phi) is 4.20. The summed E-state index contributed by atoms with van der Waals surface area (Å²) in [4.78, 5) is 23.0. The average molecular weight is 295 g/mol. The summed E-state index contributed by atoms with van der Waals surface area (Å²) in [5.74, 6) is -0.847. The van der Waals surface area contributed by atoms with Crippen LogP contribution >= 0.6 is 0 Å². The number of hydrogen-bond acceptors (Lipinski definition) is 4. The minimum atomic E-state index is -1.05. The van der Waals surface area contributed by atoms with Gasteiger partial charge in [-0.1, -0.05) is 12.8 Å². The number of nitrogens with zero attached hydrogens (tertiary/aromatic N) is 2. The minimum absolute atomic E-state index is 0.0882. The molecule has 7 heteroatoms. The van der Waals surface area contributed by atoms with E-state index in [-0.39, 0.29) is 17.6 Å². The molecule has 0 aliphatic heterocycles. The van der Waals surface area contributed by atoms with Crippen molar-refractivity contribution >= 4 is 17.9 Å². The maximum absolute atomic E-state index is 11.7. The summed E-state index contributed by atoms with van der Waals surface area (Å²) in [5.41, 5.74) is -0.527. The minimum Gasteiger partial charge on any atom is -0.477 e. The molecule has 0 aromatic carbocycles. The highest BCUT2D eigenvalue weighted by molar-refractivity contribution is 5.89. The van der Waals surface area contributed by atoms with Crippen molar-refractivity contribution in [2.45, 2.75) is 58.1 Å². The maximum Gasteiger partial charge on any atom is 0.413 e. The summed E-state index contributed by atoms with van der Waals surface area (Å²) in [7, 11) is 0. The topological polar surface area (TPSA) is 93.5 Å². The van der Waals surface area contributed by atoms with Gasteiger partial charge in [-0.2, -0.15) is 5.10 Å². The molecule has 1 aromatic rings. The Bertz CT molecular complexity index is 539. The highest BCUT2D eigenvalue weighted by Gasteiger charge is 2.25. The lowest BCUT2D eigenvalue weighted by Gasteiger charge is -2.19. The molecular weight excluding hydrogens is 274 g/mol. The number of ether oxygens (including phenoxy) is 1. The Balaban J connectivity index is 2.15. The molecule has 1 amide bonds. The number of nitrogens with one attached hydrogen (secondary N) is 1. The van der Waals surface area contributed by atoms with Crippen LogP contribution in [0.4, 0.5) is 10.6 Å². The van der Waals surface area contributed by atoms with Gasteiger partial charge in [0.05, 0.1) is 6.04 Å². The number of aromatic nitrogens is 2. The first-order chi connectivity index (χ1) is 9.76. The van der Waals surface area contributed by atoms with Gasteiger partial charge >= 0.3 is 12.1 Å². The molecule has 0 radical (unpaired) electrons. The Hall–Kier alpha value is -2.05. The molecule has 2 rings (SSSR count). The van der Waals surface area contributed by atoms with Gasteiger partial charge in [0, 0.05) is 6.07 Å². The molecule has 21 heavy (non-hydrogen) atoms.